The van der Waals surface area contributed by atoms with Gasteiger partial charge in [0.15, 0.2) is 5.13 Å². The van der Waals surface area contributed by atoms with Crippen LogP contribution in [-0.2, 0) is 0 Å². The van der Waals surface area contributed by atoms with Gasteiger partial charge < -0.3 is 10.1 Å². The second-order valence-electron chi connectivity index (χ2n) is 4.40. The predicted molar refractivity (Wildman–Crippen MR) is 88.8 cm³/mol. The van der Waals surface area contributed by atoms with Gasteiger partial charge in [0.2, 0.25) is 0 Å². The molecule has 3 nitrogen and oxygen atoms in total. The number of hydrogen-bond acceptors (Lipinski definition) is 4. The molecule has 3 rings (SSSR count). The van der Waals surface area contributed by atoms with Gasteiger partial charge in [-0.2, -0.15) is 0 Å². The van der Waals surface area contributed by atoms with E-state index in [-0.39, 0.29) is 0 Å². The number of thiazole rings is 1. The van der Waals surface area contributed by atoms with Crippen molar-refractivity contribution in [2.24, 2.45) is 0 Å². The van der Waals surface area contributed by atoms with Crippen molar-refractivity contribution in [2.45, 2.75) is 0 Å². The average Bonchev–Trinajstić information content (AvgIpc) is 2.96. The largest absolute Gasteiger partial charge is 0.497 e. The van der Waals surface area contributed by atoms with Crippen molar-refractivity contribution >= 4 is 33.8 Å². The lowest BCUT2D eigenvalue weighted by Crippen LogP contribution is -1.90. The number of nitrogens with zero attached hydrogens (tertiary/aromatic N) is 1. The van der Waals surface area contributed by atoms with Crippen LogP contribution < -0.4 is 10.1 Å². The van der Waals surface area contributed by atoms with Crippen molar-refractivity contribution in [3.63, 3.8) is 0 Å². The number of nitrogens with one attached hydrogen (secondary N) is 1. The lowest BCUT2D eigenvalue weighted by molar-refractivity contribution is 0.415. The maximum absolute atomic E-state index is 5.90. The third-order valence-corrected chi connectivity index (χ3v) is 3.97. The monoisotopic (exact) mass is 316 g/mol. The molecular formula is C16H13ClN2OS. The highest BCUT2D eigenvalue weighted by molar-refractivity contribution is 7.14. The molecule has 0 saturated carbocycles. The summed E-state index contributed by atoms with van der Waals surface area (Å²) in [6.07, 6.45) is 0. The van der Waals surface area contributed by atoms with E-state index < -0.39 is 0 Å². The summed E-state index contributed by atoms with van der Waals surface area (Å²) in [7, 11) is 1.65. The van der Waals surface area contributed by atoms with Gasteiger partial charge in [-0.1, -0.05) is 29.8 Å². The van der Waals surface area contributed by atoms with Gasteiger partial charge in [0, 0.05) is 27.7 Å². The number of anilines is 2. The first-order valence-electron chi connectivity index (χ1n) is 6.37. The smallest absolute Gasteiger partial charge is 0.187 e. The lowest BCUT2D eigenvalue weighted by atomic mass is 10.2. The first-order chi connectivity index (χ1) is 10.2. The summed E-state index contributed by atoms with van der Waals surface area (Å²) >= 11 is 7.46. The molecule has 0 aliphatic carbocycles. The topological polar surface area (TPSA) is 34.1 Å². The summed E-state index contributed by atoms with van der Waals surface area (Å²) in [6.45, 7) is 0. The minimum Gasteiger partial charge on any atom is -0.497 e. The number of halogens is 1. The third kappa shape index (κ3) is 3.35. The fourth-order valence-electron chi connectivity index (χ4n) is 1.91. The zero-order chi connectivity index (χ0) is 14.7. The van der Waals surface area contributed by atoms with Crippen molar-refractivity contribution < 1.29 is 4.74 Å². The SMILES string of the molecule is COc1cccc(Nc2nc(-c3ccc(Cl)cc3)cs2)c1. The van der Waals surface area contributed by atoms with E-state index in [1.54, 1.807) is 18.4 Å². The summed E-state index contributed by atoms with van der Waals surface area (Å²) in [5, 5.41) is 6.87. The zero-order valence-corrected chi connectivity index (χ0v) is 12.9. The normalized spacial score (nSPS) is 10.4. The average molecular weight is 317 g/mol. The zero-order valence-electron chi connectivity index (χ0n) is 11.3. The van der Waals surface area contributed by atoms with Crippen LogP contribution in [0.5, 0.6) is 5.75 Å². The Morgan fingerprint density at radius 2 is 1.95 bits per heavy atom. The molecule has 0 bridgehead atoms. The van der Waals surface area contributed by atoms with Crippen molar-refractivity contribution in [1.82, 2.24) is 4.98 Å². The Bertz CT molecular complexity index is 740. The predicted octanol–water partition coefficient (Wildman–Crippen LogP) is 5.22. The highest BCUT2D eigenvalue weighted by Crippen LogP contribution is 2.28. The Labute approximate surface area is 132 Å². The quantitative estimate of drug-likeness (QED) is 0.717. The second kappa shape index (κ2) is 6.16. The highest BCUT2D eigenvalue weighted by atomic mass is 35.5. The fraction of sp³-hybridized carbons (Fsp3) is 0.0625. The number of aromatic nitrogens is 1. The highest BCUT2D eigenvalue weighted by Gasteiger charge is 2.05. The van der Waals surface area contributed by atoms with Gasteiger partial charge in [0.25, 0.3) is 0 Å². The number of hydrogen-bond donors (Lipinski definition) is 1. The molecular weight excluding hydrogens is 304 g/mol. The van der Waals surface area contributed by atoms with Gasteiger partial charge in [-0.25, -0.2) is 4.98 Å². The molecule has 0 radical (unpaired) electrons. The molecule has 5 heteroatoms. The van der Waals surface area contributed by atoms with Gasteiger partial charge >= 0.3 is 0 Å². The van der Waals surface area contributed by atoms with E-state index in [1.807, 2.05) is 53.9 Å². The molecule has 2 aromatic carbocycles. The molecule has 0 aliphatic rings. The van der Waals surface area contributed by atoms with Gasteiger partial charge in [0.1, 0.15) is 5.75 Å². The van der Waals surface area contributed by atoms with Crippen molar-refractivity contribution in [3.05, 3.63) is 58.9 Å². The van der Waals surface area contributed by atoms with E-state index >= 15 is 0 Å². The third-order valence-electron chi connectivity index (χ3n) is 2.97. The summed E-state index contributed by atoms with van der Waals surface area (Å²) < 4.78 is 5.21. The van der Waals surface area contributed by atoms with E-state index in [4.69, 9.17) is 16.3 Å². The molecule has 0 amide bonds. The van der Waals surface area contributed by atoms with Crippen LogP contribution in [0.25, 0.3) is 11.3 Å². The van der Waals surface area contributed by atoms with Crippen LogP contribution in [0.2, 0.25) is 5.02 Å². The standard InChI is InChI=1S/C16H13ClN2OS/c1-20-14-4-2-3-13(9-14)18-16-19-15(10-21-16)11-5-7-12(17)8-6-11/h2-10H,1H3,(H,18,19). The number of ether oxygens (including phenoxy) is 1. The van der Waals surface area contributed by atoms with Crippen LogP contribution in [0.1, 0.15) is 0 Å². The first kappa shape index (κ1) is 13.9. The Balaban J connectivity index is 1.80. The maximum Gasteiger partial charge on any atom is 0.187 e. The van der Waals surface area contributed by atoms with Crippen LogP contribution >= 0.6 is 22.9 Å². The summed E-state index contributed by atoms with van der Waals surface area (Å²) in [6, 6.07) is 15.4. The number of benzene rings is 2. The maximum atomic E-state index is 5.90. The second-order valence-corrected chi connectivity index (χ2v) is 5.70. The van der Waals surface area contributed by atoms with E-state index in [2.05, 4.69) is 10.3 Å². The van der Waals surface area contributed by atoms with Gasteiger partial charge in [0.05, 0.1) is 12.8 Å². The molecule has 0 unspecified atom stereocenters. The number of rotatable bonds is 4. The van der Waals surface area contributed by atoms with Crippen LogP contribution in [-0.4, -0.2) is 12.1 Å². The molecule has 106 valence electrons. The fourth-order valence-corrected chi connectivity index (χ4v) is 2.77. The van der Waals surface area contributed by atoms with Crippen molar-refractivity contribution in [2.75, 3.05) is 12.4 Å². The van der Waals surface area contributed by atoms with Gasteiger partial charge in [-0.3, -0.25) is 0 Å². The number of methoxy groups -OCH3 is 1. The Kier molecular flexibility index (Phi) is 4.08. The molecule has 1 N–H and O–H groups in total. The molecule has 21 heavy (non-hydrogen) atoms. The van der Waals surface area contributed by atoms with E-state index in [9.17, 15) is 0 Å². The molecule has 0 saturated heterocycles. The van der Waals surface area contributed by atoms with Crippen molar-refractivity contribution in [1.29, 1.82) is 0 Å². The molecule has 1 aromatic heterocycles. The van der Waals surface area contributed by atoms with E-state index in [0.717, 1.165) is 32.8 Å². The Morgan fingerprint density at radius 1 is 1.14 bits per heavy atom. The van der Waals surface area contributed by atoms with Crippen molar-refractivity contribution in [3.8, 4) is 17.0 Å². The molecule has 1 heterocycles. The van der Waals surface area contributed by atoms with Crippen LogP contribution in [0.4, 0.5) is 10.8 Å². The van der Waals surface area contributed by atoms with Crippen LogP contribution in [0, 0.1) is 0 Å². The molecule has 0 spiro atoms. The van der Waals surface area contributed by atoms with Crippen LogP contribution in [0.15, 0.2) is 53.9 Å². The van der Waals surface area contributed by atoms with Crippen LogP contribution in [0.3, 0.4) is 0 Å². The summed E-state index contributed by atoms with van der Waals surface area (Å²) in [5.74, 6) is 0.814. The summed E-state index contributed by atoms with van der Waals surface area (Å²) in [5.41, 5.74) is 2.93. The van der Waals surface area contributed by atoms with E-state index in [0.29, 0.717) is 0 Å². The van der Waals surface area contributed by atoms with Gasteiger partial charge in [-0.15, -0.1) is 11.3 Å². The molecule has 0 atom stereocenters. The first-order valence-corrected chi connectivity index (χ1v) is 7.63. The molecule has 0 fully saturated rings. The molecule has 0 aliphatic heterocycles. The lowest BCUT2D eigenvalue weighted by Gasteiger charge is -2.04. The van der Waals surface area contributed by atoms with E-state index in [1.165, 1.54) is 0 Å². The minimum atomic E-state index is 0.726. The summed E-state index contributed by atoms with van der Waals surface area (Å²) in [4.78, 5) is 4.58. The van der Waals surface area contributed by atoms with Gasteiger partial charge in [-0.05, 0) is 24.3 Å². The Hall–Kier alpha value is -2.04. The Morgan fingerprint density at radius 3 is 2.71 bits per heavy atom. The molecule has 3 aromatic rings. The minimum absolute atomic E-state index is 0.726.